The fraction of sp³-hybridized carbons (Fsp3) is 0.235. The van der Waals surface area contributed by atoms with Gasteiger partial charge in [0.25, 0.3) is 0 Å². The van der Waals surface area contributed by atoms with E-state index in [-0.39, 0.29) is 6.17 Å². The zero-order chi connectivity index (χ0) is 25.0. The average Bonchev–Trinajstić information content (AvgIpc) is 3.21. The fourth-order valence-electron chi connectivity index (χ4n) is 6.63. The minimum atomic E-state index is 0.203. The number of benzene rings is 4. The van der Waals surface area contributed by atoms with E-state index in [1.54, 1.807) is 0 Å². The number of allylic oxidation sites excluding steroid dienone is 1. The van der Waals surface area contributed by atoms with Crippen LogP contribution in [0.3, 0.4) is 0 Å². The third kappa shape index (κ3) is 3.32. The number of rotatable bonds is 4. The zero-order valence-electron chi connectivity index (χ0n) is 21.7. The molecule has 0 fully saturated rings. The lowest BCUT2D eigenvalue weighted by molar-refractivity contribution is 0.369. The first-order valence-electron chi connectivity index (χ1n) is 13.1. The molecule has 0 radical (unpaired) electrons. The van der Waals surface area contributed by atoms with E-state index in [2.05, 4.69) is 135 Å². The van der Waals surface area contributed by atoms with E-state index >= 15 is 0 Å². The highest BCUT2D eigenvalue weighted by atomic mass is 15.4. The molecule has 0 saturated heterocycles. The van der Waals surface area contributed by atoms with Gasteiger partial charge in [0.1, 0.15) is 6.17 Å². The van der Waals surface area contributed by atoms with Crippen molar-refractivity contribution in [1.29, 1.82) is 0 Å². The largest absolute Gasteiger partial charge is 0.318 e. The Labute approximate surface area is 215 Å². The van der Waals surface area contributed by atoms with Crippen LogP contribution in [0.4, 0.5) is 22.7 Å². The third-order valence-electron chi connectivity index (χ3n) is 8.29. The number of hydrogen-bond acceptors (Lipinski definition) is 2. The van der Waals surface area contributed by atoms with Gasteiger partial charge in [0.15, 0.2) is 0 Å². The second kappa shape index (κ2) is 8.71. The molecule has 0 amide bonds. The van der Waals surface area contributed by atoms with Crippen LogP contribution in [0.15, 0.2) is 97.6 Å². The lowest BCUT2D eigenvalue weighted by atomic mass is 9.78. The van der Waals surface area contributed by atoms with Crippen LogP contribution in [-0.4, -0.2) is 6.17 Å². The van der Waals surface area contributed by atoms with E-state index in [9.17, 15) is 0 Å². The standard InChI is InChI=1S/C34H34N2/c1-6-12-27-25(5)34-35(29-17-9-7-13-22(29)2)31-20-19-26(33-23(3)14-11-15-24(33)4)21-32(31)36(34)30-18-10-8-16-28(27)30/h6-11,13-21,25,27,34H,1,12H2,2-5H3. The van der Waals surface area contributed by atoms with Gasteiger partial charge in [0.2, 0.25) is 0 Å². The molecule has 2 heterocycles. The van der Waals surface area contributed by atoms with Crippen LogP contribution in [-0.2, 0) is 0 Å². The number of para-hydroxylation sites is 2. The molecular weight excluding hydrogens is 436 g/mol. The Kier molecular flexibility index (Phi) is 5.48. The molecule has 4 aromatic rings. The maximum Gasteiger partial charge on any atom is 0.114 e. The summed E-state index contributed by atoms with van der Waals surface area (Å²) in [6.45, 7) is 13.2. The molecule has 0 aliphatic carbocycles. The molecule has 180 valence electrons. The van der Waals surface area contributed by atoms with E-state index in [1.165, 1.54) is 56.1 Å². The number of hydrogen-bond donors (Lipinski definition) is 0. The molecule has 0 saturated carbocycles. The molecule has 3 atom stereocenters. The third-order valence-corrected chi connectivity index (χ3v) is 8.29. The van der Waals surface area contributed by atoms with Gasteiger partial charge in [-0.05, 0) is 90.8 Å². The SMILES string of the molecule is C=CCC1c2ccccc2N2c3cc(-c4c(C)cccc4C)ccc3N(c3ccccc3C)C2C1C. The Balaban J connectivity index is 1.63. The number of anilines is 4. The highest BCUT2D eigenvalue weighted by Crippen LogP contribution is 2.57. The highest BCUT2D eigenvalue weighted by molar-refractivity contribution is 5.93. The van der Waals surface area contributed by atoms with Crippen molar-refractivity contribution in [3.63, 3.8) is 0 Å². The van der Waals surface area contributed by atoms with Gasteiger partial charge in [0, 0.05) is 17.3 Å². The predicted octanol–water partition coefficient (Wildman–Crippen LogP) is 9.20. The molecule has 4 aromatic carbocycles. The molecule has 0 spiro atoms. The van der Waals surface area contributed by atoms with Crippen LogP contribution >= 0.6 is 0 Å². The Morgan fingerprint density at radius 3 is 2.06 bits per heavy atom. The van der Waals surface area contributed by atoms with Gasteiger partial charge in [-0.25, -0.2) is 0 Å². The van der Waals surface area contributed by atoms with Gasteiger partial charge >= 0.3 is 0 Å². The van der Waals surface area contributed by atoms with Crippen LogP contribution in [0.5, 0.6) is 0 Å². The Morgan fingerprint density at radius 2 is 1.33 bits per heavy atom. The van der Waals surface area contributed by atoms with Crippen LogP contribution < -0.4 is 9.80 Å². The molecule has 2 aliphatic heterocycles. The summed E-state index contributed by atoms with van der Waals surface area (Å²) in [4.78, 5) is 5.20. The lowest BCUT2D eigenvalue weighted by Gasteiger charge is -2.46. The molecule has 6 rings (SSSR count). The van der Waals surface area contributed by atoms with Crippen LogP contribution in [0, 0.1) is 26.7 Å². The first kappa shape index (κ1) is 22.7. The van der Waals surface area contributed by atoms with Gasteiger partial charge in [-0.3, -0.25) is 0 Å². The lowest BCUT2D eigenvalue weighted by Crippen LogP contribution is -2.48. The number of aryl methyl sites for hydroxylation is 3. The van der Waals surface area contributed by atoms with Gasteiger partial charge in [-0.2, -0.15) is 0 Å². The number of fused-ring (bicyclic) bond motifs is 5. The number of nitrogens with zero attached hydrogens (tertiary/aromatic N) is 2. The van der Waals surface area contributed by atoms with E-state index in [0.29, 0.717) is 11.8 Å². The zero-order valence-corrected chi connectivity index (χ0v) is 21.7. The van der Waals surface area contributed by atoms with Crippen molar-refractivity contribution < 1.29 is 0 Å². The fourth-order valence-corrected chi connectivity index (χ4v) is 6.63. The smallest absolute Gasteiger partial charge is 0.114 e. The summed E-state index contributed by atoms with van der Waals surface area (Å²) in [6.07, 6.45) is 3.27. The summed E-state index contributed by atoms with van der Waals surface area (Å²) < 4.78 is 0. The molecular formula is C34H34N2. The van der Waals surface area contributed by atoms with Gasteiger partial charge in [-0.15, -0.1) is 6.58 Å². The van der Waals surface area contributed by atoms with Gasteiger partial charge in [0.05, 0.1) is 11.4 Å². The van der Waals surface area contributed by atoms with Crippen LogP contribution in [0.2, 0.25) is 0 Å². The van der Waals surface area contributed by atoms with E-state index in [0.717, 1.165) is 6.42 Å². The Bertz CT molecular complexity index is 1450. The molecule has 0 N–H and O–H groups in total. The summed E-state index contributed by atoms with van der Waals surface area (Å²) in [5.74, 6) is 0.840. The second-order valence-electron chi connectivity index (χ2n) is 10.5. The molecule has 0 aromatic heterocycles. The topological polar surface area (TPSA) is 6.48 Å². The van der Waals surface area contributed by atoms with Crippen molar-refractivity contribution in [3.8, 4) is 11.1 Å². The Morgan fingerprint density at radius 1 is 0.694 bits per heavy atom. The maximum absolute atomic E-state index is 4.11. The predicted molar refractivity (Wildman–Crippen MR) is 154 cm³/mol. The maximum atomic E-state index is 4.11. The van der Waals surface area contributed by atoms with Crippen molar-refractivity contribution in [2.75, 3.05) is 9.80 Å². The van der Waals surface area contributed by atoms with Crippen molar-refractivity contribution >= 4 is 22.7 Å². The van der Waals surface area contributed by atoms with E-state index < -0.39 is 0 Å². The summed E-state index contributed by atoms with van der Waals surface area (Å²) >= 11 is 0. The van der Waals surface area contributed by atoms with Gasteiger partial charge < -0.3 is 9.80 Å². The van der Waals surface area contributed by atoms with Crippen LogP contribution in [0.1, 0.15) is 41.5 Å². The second-order valence-corrected chi connectivity index (χ2v) is 10.5. The molecule has 2 nitrogen and oxygen atoms in total. The molecule has 3 unspecified atom stereocenters. The summed E-state index contributed by atoms with van der Waals surface area (Å²) in [5.41, 5.74) is 13.2. The normalized spacial score (nSPS) is 20.1. The van der Waals surface area contributed by atoms with Crippen molar-refractivity contribution in [2.45, 2.75) is 46.2 Å². The van der Waals surface area contributed by atoms with Crippen molar-refractivity contribution in [1.82, 2.24) is 0 Å². The van der Waals surface area contributed by atoms with E-state index in [4.69, 9.17) is 0 Å². The van der Waals surface area contributed by atoms with Crippen LogP contribution in [0.25, 0.3) is 11.1 Å². The Hall–Kier alpha value is -3.78. The molecule has 2 heteroatoms. The minimum absolute atomic E-state index is 0.203. The van der Waals surface area contributed by atoms with E-state index in [1.807, 2.05) is 0 Å². The quantitative estimate of drug-likeness (QED) is 0.274. The highest BCUT2D eigenvalue weighted by Gasteiger charge is 2.48. The molecule has 2 aliphatic rings. The first-order chi connectivity index (χ1) is 17.5. The van der Waals surface area contributed by atoms with Crippen molar-refractivity contribution in [3.05, 3.63) is 120 Å². The average molecular weight is 471 g/mol. The minimum Gasteiger partial charge on any atom is -0.318 e. The summed E-state index contributed by atoms with van der Waals surface area (Å²) in [5, 5.41) is 0. The van der Waals surface area contributed by atoms with Gasteiger partial charge in [-0.1, -0.05) is 73.7 Å². The monoisotopic (exact) mass is 470 g/mol. The first-order valence-corrected chi connectivity index (χ1v) is 13.1. The molecule has 36 heavy (non-hydrogen) atoms. The summed E-state index contributed by atoms with van der Waals surface area (Å²) in [7, 11) is 0. The molecule has 0 bridgehead atoms. The van der Waals surface area contributed by atoms with Crippen molar-refractivity contribution in [2.24, 2.45) is 5.92 Å². The summed E-state index contributed by atoms with van der Waals surface area (Å²) in [6, 6.07) is 31.5.